The Labute approximate surface area is 124 Å². The molecule has 5 heteroatoms. The molecule has 1 aromatic heterocycles. The minimum Gasteiger partial charge on any atom is -0.492 e. The van der Waals surface area contributed by atoms with E-state index in [0.717, 1.165) is 5.75 Å². The minimum atomic E-state index is -0.172. The molecule has 0 saturated carbocycles. The summed E-state index contributed by atoms with van der Waals surface area (Å²) in [5.74, 6) is 1.35. The molecule has 5 nitrogen and oxygen atoms in total. The van der Waals surface area contributed by atoms with Crippen LogP contribution in [0.5, 0.6) is 5.75 Å². The van der Waals surface area contributed by atoms with E-state index in [1.165, 1.54) is 0 Å². The molecule has 1 heterocycles. The van der Waals surface area contributed by atoms with Crippen LogP contribution in [0.25, 0.3) is 0 Å². The van der Waals surface area contributed by atoms with Crippen molar-refractivity contribution in [2.24, 2.45) is 0 Å². The molecule has 0 radical (unpaired) electrons. The fourth-order valence-electron chi connectivity index (χ4n) is 2.00. The molecule has 1 aromatic carbocycles. The lowest BCUT2D eigenvalue weighted by Crippen LogP contribution is -2.29. The molecule has 1 amide bonds. The molecule has 0 fully saturated rings. The molecule has 0 bridgehead atoms. The number of nitrogens with zero attached hydrogens (tertiary/aromatic N) is 1. The van der Waals surface area contributed by atoms with Crippen LogP contribution in [0.4, 0.5) is 0 Å². The SMILES string of the molecule is Cc1noc(C(C)C)c1C(=O)NCCOc1ccccc1. The van der Waals surface area contributed by atoms with Crippen molar-refractivity contribution in [2.75, 3.05) is 13.2 Å². The lowest BCUT2D eigenvalue weighted by atomic mass is 10.0. The van der Waals surface area contributed by atoms with Crippen molar-refractivity contribution in [3.05, 3.63) is 47.3 Å². The summed E-state index contributed by atoms with van der Waals surface area (Å²) >= 11 is 0. The summed E-state index contributed by atoms with van der Waals surface area (Å²) in [4.78, 5) is 12.2. The molecule has 112 valence electrons. The molecule has 0 atom stereocenters. The van der Waals surface area contributed by atoms with Crippen molar-refractivity contribution in [2.45, 2.75) is 26.7 Å². The number of rotatable bonds is 6. The number of nitrogens with one attached hydrogen (secondary N) is 1. The quantitative estimate of drug-likeness (QED) is 0.830. The second kappa shape index (κ2) is 6.92. The van der Waals surface area contributed by atoms with Gasteiger partial charge >= 0.3 is 0 Å². The fourth-order valence-corrected chi connectivity index (χ4v) is 2.00. The van der Waals surface area contributed by atoms with E-state index in [1.807, 2.05) is 44.2 Å². The first-order chi connectivity index (χ1) is 10.1. The first kappa shape index (κ1) is 15.1. The molecule has 0 aliphatic heterocycles. The Hall–Kier alpha value is -2.30. The maximum absolute atomic E-state index is 12.2. The number of ether oxygens (including phenoxy) is 1. The van der Waals surface area contributed by atoms with Gasteiger partial charge < -0.3 is 14.6 Å². The average molecular weight is 288 g/mol. The number of carbonyl (C=O) groups is 1. The monoisotopic (exact) mass is 288 g/mol. The second-order valence-electron chi connectivity index (χ2n) is 5.08. The van der Waals surface area contributed by atoms with Gasteiger partial charge in [0.15, 0.2) is 5.76 Å². The molecule has 0 saturated heterocycles. The van der Waals surface area contributed by atoms with Crippen LogP contribution in [0.1, 0.15) is 41.6 Å². The van der Waals surface area contributed by atoms with Crippen LogP contribution in [0.2, 0.25) is 0 Å². The molecule has 21 heavy (non-hydrogen) atoms. The number of amides is 1. The first-order valence-corrected chi connectivity index (χ1v) is 7.01. The van der Waals surface area contributed by atoms with Crippen molar-refractivity contribution in [1.82, 2.24) is 10.5 Å². The van der Waals surface area contributed by atoms with Crippen LogP contribution in [0.15, 0.2) is 34.9 Å². The fraction of sp³-hybridized carbons (Fsp3) is 0.375. The molecular formula is C16H20N2O3. The van der Waals surface area contributed by atoms with Gasteiger partial charge in [-0.3, -0.25) is 4.79 Å². The first-order valence-electron chi connectivity index (χ1n) is 7.01. The van der Waals surface area contributed by atoms with Crippen LogP contribution < -0.4 is 10.1 Å². The molecule has 2 rings (SSSR count). The Kier molecular flexibility index (Phi) is 4.98. The van der Waals surface area contributed by atoms with Gasteiger partial charge in [0.1, 0.15) is 17.9 Å². The number of benzene rings is 1. The standard InChI is InChI=1S/C16H20N2O3/c1-11(2)15-14(12(3)18-21-15)16(19)17-9-10-20-13-7-5-4-6-8-13/h4-8,11H,9-10H2,1-3H3,(H,17,19). The number of para-hydroxylation sites is 1. The summed E-state index contributed by atoms with van der Waals surface area (Å²) in [6, 6.07) is 9.50. The highest BCUT2D eigenvalue weighted by atomic mass is 16.5. The third kappa shape index (κ3) is 3.84. The highest BCUT2D eigenvalue weighted by Gasteiger charge is 2.22. The average Bonchev–Trinajstić information content (AvgIpc) is 2.86. The predicted octanol–water partition coefficient (Wildman–Crippen LogP) is 2.92. The van der Waals surface area contributed by atoms with Crippen molar-refractivity contribution < 1.29 is 14.1 Å². The Morgan fingerprint density at radius 3 is 2.71 bits per heavy atom. The third-order valence-electron chi connectivity index (χ3n) is 3.04. The van der Waals surface area contributed by atoms with E-state index in [4.69, 9.17) is 9.26 Å². The van der Waals surface area contributed by atoms with Crippen LogP contribution in [-0.4, -0.2) is 24.2 Å². The van der Waals surface area contributed by atoms with Crippen LogP contribution in [0.3, 0.4) is 0 Å². The molecule has 0 spiro atoms. The van der Waals surface area contributed by atoms with Gasteiger partial charge in [0.25, 0.3) is 5.91 Å². The summed E-state index contributed by atoms with van der Waals surface area (Å²) < 4.78 is 10.7. The Morgan fingerprint density at radius 2 is 2.05 bits per heavy atom. The van der Waals surface area contributed by atoms with Crippen molar-refractivity contribution in [3.8, 4) is 5.75 Å². The topological polar surface area (TPSA) is 64.4 Å². The van der Waals surface area contributed by atoms with Gasteiger partial charge in [0.05, 0.1) is 12.2 Å². The Balaban J connectivity index is 1.86. The predicted molar refractivity (Wildman–Crippen MR) is 79.6 cm³/mol. The van der Waals surface area contributed by atoms with E-state index in [-0.39, 0.29) is 11.8 Å². The van der Waals surface area contributed by atoms with Gasteiger partial charge in [0.2, 0.25) is 0 Å². The Bertz CT molecular complexity index is 591. The van der Waals surface area contributed by atoms with E-state index >= 15 is 0 Å². The smallest absolute Gasteiger partial charge is 0.256 e. The zero-order valence-corrected chi connectivity index (χ0v) is 12.6. The van der Waals surface area contributed by atoms with Gasteiger partial charge in [-0.25, -0.2) is 0 Å². The van der Waals surface area contributed by atoms with Crippen molar-refractivity contribution in [1.29, 1.82) is 0 Å². The molecular weight excluding hydrogens is 268 g/mol. The van der Waals surface area contributed by atoms with E-state index in [1.54, 1.807) is 6.92 Å². The molecule has 0 unspecified atom stereocenters. The van der Waals surface area contributed by atoms with Crippen LogP contribution in [-0.2, 0) is 0 Å². The van der Waals surface area contributed by atoms with Crippen LogP contribution >= 0.6 is 0 Å². The van der Waals surface area contributed by atoms with E-state index in [9.17, 15) is 4.79 Å². The van der Waals surface area contributed by atoms with Gasteiger partial charge in [-0.2, -0.15) is 0 Å². The number of hydrogen-bond donors (Lipinski definition) is 1. The highest BCUT2D eigenvalue weighted by molar-refractivity contribution is 5.96. The van der Waals surface area contributed by atoms with Crippen molar-refractivity contribution in [3.63, 3.8) is 0 Å². The number of aromatic nitrogens is 1. The van der Waals surface area contributed by atoms with E-state index < -0.39 is 0 Å². The molecule has 1 N–H and O–H groups in total. The van der Waals surface area contributed by atoms with Crippen molar-refractivity contribution >= 4 is 5.91 Å². The molecule has 0 aliphatic carbocycles. The third-order valence-corrected chi connectivity index (χ3v) is 3.04. The van der Waals surface area contributed by atoms with Crippen LogP contribution in [0, 0.1) is 6.92 Å². The zero-order chi connectivity index (χ0) is 15.2. The number of carbonyl (C=O) groups excluding carboxylic acids is 1. The lowest BCUT2D eigenvalue weighted by Gasteiger charge is -2.08. The number of aryl methyl sites for hydroxylation is 1. The van der Waals surface area contributed by atoms with Gasteiger partial charge in [-0.15, -0.1) is 0 Å². The van der Waals surface area contributed by atoms with E-state index in [0.29, 0.717) is 30.2 Å². The summed E-state index contributed by atoms with van der Waals surface area (Å²) in [5, 5.41) is 6.70. The van der Waals surface area contributed by atoms with Gasteiger partial charge in [-0.05, 0) is 19.1 Å². The Morgan fingerprint density at radius 1 is 1.33 bits per heavy atom. The molecule has 0 aliphatic rings. The summed E-state index contributed by atoms with van der Waals surface area (Å²) in [7, 11) is 0. The van der Waals surface area contributed by atoms with Gasteiger partial charge in [0, 0.05) is 5.92 Å². The normalized spacial score (nSPS) is 10.7. The van der Waals surface area contributed by atoms with Gasteiger partial charge in [-0.1, -0.05) is 37.2 Å². The van der Waals surface area contributed by atoms with E-state index in [2.05, 4.69) is 10.5 Å². The highest BCUT2D eigenvalue weighted by Crippen LogP contribution is 2.21. The summed E-state index contributed by atoms with van der Waals surface area (Å²) in [6.45, 7) is 6.54. The molecule has 2 aromatic rings. The largest absolute Gasteiger partial charge is 0.492 e. The minimum absolute atomic E-state index is 0.118. The second-order valence-corrected chi connectivity index (χ2v) is 5.08. The maximum atomic E-state index is 12.2. The zero-order valence-electron chi connectivity index (χ0n) is 12.6. The summed E-state index contributed by atoms with van der Waals surface area (Å²) in [6.07, 6.45) is 0. The lowest BCUT2D eigenvalue weighted by molar-refractivity contribution is 0.0944. The number of hydrogen-bond acceptors (Lipinski definition) is 4. The summed E-state index contributed by atoms with van der Waals surface area (Å²) in [5.41, 5.74) is 1.14. The maximum Gasteiger partial charge on any atom is 0.256 e.